The zero-order valence-corrected chi connectivity index (χ0v) is 12.1. The summed E-state index contributed by atoms with van der Waals surface area (Å²) in [6.45, 7) is 0.407. The van der Waals surface area contributed by atoms with E-state index in [-0.39, 0.29) is 17.2 Å². The molecule has 1 aromatic heterocycles. The molecule has 0 bridgehead atoms. The fourth-order valence-electron chi connectivity index (χ4n) is 1.81. The minimum atomic E-state index is -0.481. The molecule has 8 heteroatoms. The highest BCUT2D eigenvalue weighted by atomic mass is 32.2. The van der Waals surface area contributed by atoms with Gasteiger partial charge in [0.05, 0.1) is 9.82 Å². The van der Waals surface area contributed by atoms with E-state index >= 15 is 0 Å². The third-order valence-corrected chi connectivity index (χ3v) is 3.62. The molecule has 0 aliphatic heterocycles. The second-order valence-corrected chi connectivity index (χ2v) is 5.03. The van der Waals surface area contributed by atoms with Gasteiger partial charge < -0.3 is 10.3 Å². The van der Waals surface area contributed by atoms with Gasteiger partial charge in [-0.2, -0.15) is 0 Å². The molecule has 2 N–H and O–H groups in total. The lowest BCUT2D eigenvalue weighted by atomic mass is 10.2. The van der Waals surface area contributed by atoms with Crippen molar-refractivity contribution < 1.29 is 9.72 Å². The average Bonchev–Trinajstić information content (AvgIpc) is 2.99. The molecule has 1 amide bonds. The first-order chi connectivity index (χ1) is 10.1. The number of rotatable bonds is 6. The van der Waals surface area contributed by atoms with Gasteiger partial charge in [-0.05, 0) is 18.4 Å². The number of thioether (sulfide) groups is 1. The maximum Gasteiger partial charge on any atom is 0.283 e. The lowest BCUT2D eigenvalue weighted by Crippen LogP contribution is -2.26. The molecule has 1 heterocycles. The number of H-pyrrole nitrogens is 1. The number of hydrogen-bond acceptors (Lipinski definition) is 5. The number of benzene rings is 1. The minimum absolute atomic E-state index is 0.0545. The van der Waals surface area contributed by atoms with Crippen LogP contribution in [0.25, 0.3) is 0 Å². The molecule has 110 valence electrons. The van der Waals surface area contributed by atoms with Crippen LogP contribution in [0.5, 0.6) is 0 Å². The van der Waals surface area contributed by atoms with E-state index in [0.717, 1.165) is 5.82 Å². The van der Waals surface area contributed by atoms with Crippen LogP contribution in [0, 0.1) is 10.1 Å². The summed E-state index contributed by atoms with van der Waals surface area (Å²) < 4.78 is 0. The molecule has 0 aliphatic rings. The number of imidazole rings is 1. The Bertz CT molecular complexity index is 643. The van der Waals surface area contributed by atoms with Crippen molar-refractivity contribution in [1.82, 2.24) is 15.3 Å². The summed E-state index contributed by atoms with van der Waals surface area (Å²) in [7, 11) is 0. The van der Waals surface area contributed by atoms with Gasteiger partial charge in [-0.3, -0.25) is 14.9 Å². The predicted molar refractivity (Wildman–Crippen MR) is 79.5 cm³/mol. The molecule has 0 unspecified atom stereocenters. The van der Waals surface area contributed by atoms with Crippen LogP contribution in [0.3, 0.4) is 0 Å². The highest BCUT2D eigenvalue weighted by Crippen LogP contribution is 2.28. The Labute approximate surface area is 125 Å². The topological polar surface area (TPSA) is 101 Å². The van der Waals surface area contributed by atoms with Crippen molar-refractivity contribution in [3.8, 4) is 0 Å². The molecule has 7 nitrogen and oxygen atoms in total. The van der Waals surface area contributed by atoms with E-state index in [9.17, 15) is 14.9 Å². The predicted octanol–water partition coefficient (Wildman–Crippen LogP) is 2.01. The van der Waals surface area contributed by atoms with Crippen molar-refractivity contribution >= 4 is 23.4 Å². The Morgan fingerprint density at radius 1 is 1.52 bits per heavy atom. The summed E-state index contributed by atoms with van der Waals surface area (Å²) in [5.41, 5.74) is 0.222. The van der Waals surface area contributed by atoms with Gasteiger partial charge in [0.1, 0.15) is 5.82 Å². The van der Waals surface area contributed by atoms with Crippen LogP contribution in [0.4, 0.5) is 5.69 Å². The van der Waals surface area contributed by atoms with Crippen LogP contribution in [0.2, 0.25) is 0 Å². The number of nitrogens with one attached hydrogen (secondary N) is 2. The molecule has 0 atom stereocenters. The Morgan fingerprint density at radius 3 is 2.95 bits per heavy atom. The Kier molecular flexibility index (Phi) is 4.94. The number of hydrogen-bond donors (Lipinski definition) is 2. The van der Waals surface area contributed by atoms with E-state index < -0.39 is 4.92 Å². The zero-order chi connectivity index (χ0) is 15.2. The maximum atomic E-state index is 12.0. The first kappa shape index (κ1) is 15.0. The second kappa shape index (κ2) is 6.89. The van der Waals surface area contributed by atoms with Gasteiger partial charge in [0.15, 0.2) is 0 Å². The van der Waals surface area contributed by atoms with Crippen LogP contribution >= 0.6 is 11.8 Å². The van der Waals surface area contributed by atoms with Crippen molar-refractivity contribution in [2.75, 3.05) is 12.8 Å². The van der Waals surface area contributed by atoms with E-state index in [1.165, 1.54) is 17.8 Å². The molecule has 0 spiro atoms. The fraction of sp³-hybridized carbons (Fsp3) is 0.231. The first-order valence-corrected chi connectivity index (χ1v) is 7.43. The molecule has 2 aromatic rings. The van der Waals surface area contributed by atoms with Crippen molar-refractivity contribution in [1.29, 1.82) is 0 Å². The van der Waals surface area contributed by atoms with E-state index in [1.807, 2.05) is 0 Å². The van der Waals surface area contributed by atoms with Gasteiger partial charge in [-0.25, -0.2) is 4.98 Å². The third-order valence-electron chi connectivity index (χ3n) is 2.84. The average molecular weight is 306 g/mol. The normalized spacial score (nSPS) is 10.3. The van der Waals surface area contributed by atoms with Crippen LogP contribution < -0.4 is 5.32 Å². The van der Waals surface area contributed by atoms with Crippen molar-refractivity contribution in [2.45, 2.75) is 11.3 Å². The molecule has 0 radical (unpaired) electrons. The quantitative estimate of drug-likeness (QED) is 0.483. The number of aromatic amines is 1. The molecular weight excluding hydrogens is 292 g/mol. The lowest BCUT2D eigenvalue weighted by molar-refractivity contribution is -0.387. The fourth-order valence-corrected chi connectivity index (χ4v) is 2.35. The van der Waals surface area contributed by atoms with E-state index in [1.54, 1.807) is 30.8 Å². The number of nitro benzene ring substituents is 1. The minimum Gasteiger partial charge on any atom is -0.352 e. The van der Waals surface area contributed by atoms with Gasteiger partial charge in [0, 0.05) is 37.0 Å². The van der Waals surface area contributed by atoms with Gasteiger partial charge in [0.25, 0.3) is 11.6 Å². The van der Waals surface area contributed by atoms with Crippen molar-refractivity contribution in [2.24, 2.45) is 0 Å². The van der Waals surface area contributed by atoms with Gasteiger partial charge in [-0.15, -0.1) is 11.8 Å². The summed E-state index contributed by atoms with van der Waals surface area (Å²) >= 11 is 1.27. The standard InChI is InChI=1S/C13H14N4O3S/c1-21-11-3-2-9(8-10(11)17(19)20)13(18)16-5-4-12-14-6-7-15-12/h2-3,6-8H,4-5H2,1H3,(H,14,15)(H,16,18). The summed E-state index contributed by atoms with van der Waals surface area (Å²) in [5, 5.41) is 13.7. The Morgan fingerprint density at radius 2 is 2.33 bits per heavy atom. The largest absolute Gasteiger partial charge is 0.352 e. The van der Waals surface area contributed by atoms with Crippen LogP contribution in [-0.4, -0.2) is 33.6 Å². The zero-order valence-electron chi connectivity index (χ0n) is 11.3. The molecule has 0 saturated carbocycles. The first-order valence-electron chi connectivity index (χ1n) is 6.20. The number of aromatic nitrogens is 2. The van der Waals surface area contributed by atoms with Crippen molar-refractivity contribution in [3.05, 3.63) is 52.1 Å². The second-order valence-electron chi connectivity index (χ2n) is 4.19. The number of carbonyl (C=O) groups excluding carboxylic acids is 1. The molecule has 0 aliphatic carbocycles. The number of amides is 1. The molecule has 1 aromatic carbocycles. The van der Waals surface area contributed by atoms with Crippen molar-refractivity contribution in [3.63, 3.8) is 0 Å². The van der Waals surface area contributed by atoms with Crippen LogP contribution in [-0.2, 0) is 6.42 Å². The summed E-state index contributed by atoms with van der Waals surface area (Å²) in [6, 6.07) is 4.47. The van der Waals surface area contributed by atoms with Crippen LogP contribution in [0.1, 0.15) is 16.2 Å². The smallest absolute Gasteiger partial charge is 0.283 e. The summed E-state index contributed by atoms with van der Waals surface area (Å²) in [6.07, 6.45) is 5.68. The number of nitro groups is 1. The lowest BCUT2D eigenvalue weighted by Gasteiger charge is -2.05. The third kappa shape index (κ3) is 3.82. The van der Waals surface area contributed by atoms with Gasteiger partial charge >= 0.3 is 0 Å². The Hall–Kier alpha value is -2.35. The van der Waals surface area contributed by atoms with Gasteiger partial charge in [0.2, 0.25) is 0 Å². The van der Waals surface area contributed by atoms with E-state index in [2.05, 4.69) is 15.3 Å². The summed E-state index contributed by atoms with van der Waals surface area (Å²) in [5.74, 6) is 0.441. The molecule has 0 saturated heterocycles. The van der Waals surface area contributed by atoms with Crippen LogP contribution in [0.15, 0.2) is 35.5 Å². The molecule has 21 heavy (non-hydrogen) atoms. The number of nitrogens with zero attached hydrogens (tertiary/aromatic N) is 2. The molecule has 0 fully saturated rings. The maximum absolute atomic E-state index is 12.0. The highest BCUT2D eigenvalue weighted by molar-refractivity contribution is 7.98. The monoisotopic (exact) mass is 306 g/mol. The summed E-state index contributed by atoms with van der Waals surface area (Å²) in [4.78, 5) is 30.0. The number of carbonyl (C=O) groups is 1. The Balaban J connectivity index is 2.01. The van der Waals surface area contributed by atoms with E-state index in [0.29, 0.717) is 17.9 Å². The highest BCUT2D eigenvalue weighted by Gasteiger charge is 2.16. The SMILES string of the molecule is CSc1ccc(C(=O)NCCc2ncc[nH]2)cc1[N+](=O)[O-]. The molecule has 2 rings (SSSR count). The van der Waals surface area contributed by atoms with Gasteiger partial charge in [-0.1, -0.05) is 0 Å². The molecular formula is C13H14N4O3S. The van der Waals surface area contributed by atoms with E-state index in [4.69, 9.17) is 0 Å².